The van der Waals surface area contributed by atoms with Gasteiger partial charge in [-0.05, 0) is 17.7 Å². The standard InChI is InChI=1S/C16H18N2O5/c1-16(2,3)12-10(15(21)22)18-13(20)9(14(18)23-12)11(19)8-4-6-17-7-5-8/h4-7,9,11,14,19H,1-3H3,(H,21,22)/t9-,11-,14+/m0/s1. The zero-order valence-corrected chi connectivity index (χ0v) is 13.1. The number of aliphatic hydroxyl groups excluding tert-OH is 1. The van der Waals surface area contributed by atoms with Gasteiger partial charge in [-0.15, -0.1) is 0 Å². The zero-order chi connectivity index (χ0) is 16.9. The summed E-state index contributed by atoms with van der Waals surface area (Å²) in [7, 11) is 0. The van der Waals surface area contributed by atoms with Crippen molar-refractivity contribution in [3.05, 3.63) is 41.5 Å². The number of hydrogen-bond donors (Lipinski definition) is 2. The van der Waals surface area contributed by atoms with Gasteiger partial charge in [-0.3, -0.25) is 14.7 Å². The van der Waals surface area contributed by atoms with E-state index in [4.69, 9.17) is 4.74 Å². The maximum Gasteiger partial charge on any atom is 0.356 e. The SMILES string of the molecule is CC(C)(C)C1=C(C(=O)O)N2C(=O)[C@H]([C@@H](O)c3ccncc3)[C@H]2O1. The van der Waals surface area contributed by atoms with Crippen LogP contribution in [0.1, 0.15) is 32.4 Å². The van der Waals surface area contributed by atoms with Crippen LogP contribution in [0, 0.1) is 11.3 Å². The van der Waals surface area contributed by atoms with Crippen LogP contribution in [-0.4, -0.2) is 38.2 Å². The third-order valence-electron chi connectivity index (χ3n) is 4.05. The lowest BCUT2D eigenvalue weighted by atomic mass is 9.86. The molecular weight excluding hydrogens is 300 g/mol. The van der Waals surface area contributed by atoms with E-state index in [1.165, 1.54) is 12.4 Å². The van der Waals surface area contributed by atoms with E-state index in [1.807, 2.05) is 20.8 Å². The topological polar surface area (TPSA) is 100.0 Å². The van der Waals surface area contributed by atoms with E-state index in [-0.39, 0.29) is 11.5 Å². The Morgan fingerprint density at radius 1 is 1.35 bits per heavy atom. The predicted molar refractivity (Wildman–Crippen MR) is 78.5 cm³/mol. The van der Waals surface area contributed by atoms with Gasteiger partial charge in [0.25, 0.3) is 0 Å². The summed E-state index contributed by atoms with van der Waals surface area (Å²) in [6.07, 6.45) is 1.19. The molecule has 0 radical (unpaired) electrons. The molecule has 2 aliphatic heterocycles. The van der Waals surface area contributed by atoms with Gasteiger partial charge in [-0.1, -0.05) is 20.8 Å². The molecule has 1 aromatic heterocycles. The normalized spacial score (nSPS) is 24.9. The second kappa shape index (κ2) is 5.06. The van der Waals surface area contributed by atoms with Crippen LogP contribution in [0.5, 0.6) is 0 Å². The fraction of sp³-hybridized carbons (Fsp3) is 0.438. The maximum atomic E-state index is 12.4. The summed E-state index contributed by atoms with van der Waals surface area (Å²) < 4.78 is 5.75. The Morgan fingerprint density at radius 3 is 2.48 bits per heavy atom. The monoisotopic (exact) mass is 318 g/mol. The van der Waals surface area contributed by atoms with E-state index in [9.17, 15) is 19.8 Å². The molecule has 0 bridgehead atoms. The highest BCUT2D eigenvalue weighted by atomic mass is 16.5. The molecule has 23 heavy (non-hydrogen) atoms. The molecule has 2 N–H and O–H groups in total. The third kappa shape index (κ3) is 2.28. The van der Waals surface area contributed by atoms with E-state index < -0.39 is 35.5 Å². The largest absolute Gasteiger partial charge is 0.476 e. The summed E-state index contributed by atoms with van der Waals surface area (Å²) in [6, 6.07) is 3.23. The van der Waals surface area contributed by atoms with Gasteiger partial charge in [-0.2, -0.15) is 0 Å². The van der Waals surface area contributed by atoms with Gasteiger partial charge < -0.3 is 14.9 Å². The summed E-state index contributed by atoms with van der Waals surface area (Å²) in [6.45, 7) is 5.45. The molecule has 1 aromatic rings. The van der Waals surface area contributed by atoms with Crippen LogP contribution in [0.15, 0.2) is 36.0 Å². The molecule has 3 atom stereocenters. The quantitative estimate of drug-likeness (QED) is 0.814. The molecule has 7 heteroatoms. The van der Waals surface area contributed by atoms with Gasteiger partial charge in [0.15, 0.2) is 11.9 Å². The van der Waals surface area contributed by atoms with Crippen molar-refractivity contribution >= 4 is 11.9 Å². The van der Waals surface area contributed by atoms with E-state index in [0.717, 1.165) is 4.90 Å². The molecule has 0 aromatic carbocycles. The predicted octanol–water partition coefficient (Wildman–Crippen LogP) is 1.27. The van der Waals surface area contributed by atoms with Crippen LogP contribution in [0.25, 0.3) is 0 Å². The van der Waals surface area contributed by atoms with Gasteiger partial charge in [0.05, 0.1) is 6.10 Å². The molecule has 7 nitrogen and oxygen atoms in total. The number of β-lactam (4-membered cyclic amide) rings is 1. The number of allylic oxidation sites excluding steroid dienone is 1. The molecule has 1 amide bonds. The summed E-state index contributed by atoms with van der Waals surface area (Å²) in [4.78, 5) is 29.0. The Bertz CT molecular complexity index is 692. The Morgan fingerprint density at radius 2 is 1.96 bits per heavy atom. The van der Waals surface area contributed by atoms with Crippen molar-refractivity contribution in [3.8, 4) is 0 Å². The first kappa shape index (κ1) is 15.5. The van der Waals surface area contributed by atoms with Crippen molar-refractivity contribution in [1.82, 2.24) is 9.88 Å². The van der Waals surface area contributed by atoms with E-state index >= 15 is 0 Å². The van der Waals surface area contributed by atoms with Crippen LogP contribution in [0.4, 0.5) is 0 Å². The molecule has 122 valence electrons. The smallest absolute Gasteiger partial charge is 0.356 e. The number of carbonyl (C=O) groups is 2. The van der Waals surface area contributed by atoms with Crippen molar-refractivity contribution in [2.75, 3.05) is 0 Å². The van der Waals surface area contributed by atoms with Crippen LogP contribution < -0.4 is 0 Å². The second-order valence-electron chi connectivity index (χ2n) is 6.70. The number of amides is 1. The summed E-state index contributed by atoms with van der Waals surface area (Å²) in [5.74, 6) is -2.22. The van der Waals surface area contributed by atoms with Crippen molar-refractivity contribution in [3.63, 3.8) is 0 Å². The second-order valence-corrected chi connectivity index (χ2v) is 6.70. The number of carboxylic acids is 1. The third-order valence-corrected chi connectivity index (χ3v) is 4.05. The Labute approximate surface area is 133 Å². The van der Waals surface area contributed by atoms with Gasteiger partial charge in [0.1, 0.15) is 11.7 Å². The lowest BCUT2D eigenvalue weighted by Crippen LogP contribution is -2.61. The number of fused-ring (bicyclic) bond motifs is 1. The fourth-order valence-electron chi connectivity index (χ4n) is 2.93. The van der Waals surface area contributed by atoms with Gasteiger partial charge in [0.2, 0.25) is 5.91 Å². The minimum atomic E-state index is -1.21. The Kier molecular flexibility index (Phi) is 3.40. The number of ether oxygens (including phenoxy) is 1. The number of carboxylic acid groups (broad SMARTS) is 1. The van der Waals surface area contributed by atoms with Gasteiger partial charge in [-0.25, -0.2) is 4.79 Å². The summed E-state index contributed by atoms with van der Waals surface area (Å²) in [5.41, 5.74) is -0.148. The molecule has 3 rings (SSSR count). The van der Waals surface area contributed by atoms with Crippen molar-refractivity contribution in [1.29, 1.82) is 0 Å². The highest BCUT2D eigenvalue weighted by molar-refractivity contribution is 5.98. The van der Waals surface area contributed by atoms with Gasteiger partial charge in [0, 0.05) is 17.8 Å². The Hall–Kier alpha value is -2.41. The lowest BCUT2D eigenvalue weighted by Gasteiger charge is -2.43. The lowest BCUT2D eigenvalue weighted by molar-refractivity contribution is -0.185. The molecular formula is C16H18N2O5. The molecule has 0 aliphatic carbocycles. The first-order valence-electron chi connectivity index (χ1n) is 7.29. The number of pyridine rings is 1. The first-order chi connectivity index (χ1) is 10.7. The summed E-state index contributed by atoms with van der Waals surface area (Å²) in [5, 5.41) is 19.9. The van der Waals surface area contributed by atoms with Crippen molar-refractivity contribution in [2.45, 2.75) is 33.1 Å². The number of aromatic nitrogens is 1. The molecule has 0 spiro atoms. The van der Waals surface area contributed by atoms with Crippen molar-refractivity contribution < 1.29 is 24.5 Å². The molecule has 1 saturated heterocycles. The molecule has 0 unspecified atom stereocenters. The highest BCUT2D eigenvalue weighted by Gasteiger charge is 2.61. The minimum Gasteiger partial charge on any atom is -0.476 e. The Balaban J connectivity index is 1.91. The highest BCUT2D eigenvalue weighted by Crippen LogP contribution is 2.49. The van der Waals surface area contributed by atoms with Gasteiger partial charge >= 0.3 is 5.97 Å². The summed E-state index contributed by atoms with van der Waals surface area (Å²) >= 11 is 0. The first-order valence-corrected chi connectivity index (χ1v) is 7.29. The fourth-order valence-corrected chi connectivity index (χ4v) is 2.93. The van der Waals surface area contributed by atoms with Crippen LogP contribution in [0.3, 0.4) is 0 Å². The molecule has 2 aliphatic rings. The number of nitrogens with zero attached hydrogens (tertiary/aromatic N) is 2. The number of aliphatic hydroxyl groups is 1. The average molecular weight is 318 g/mol. The van der Waals surface area contributed by atoms with E-state index in [0.29, 0.717) is 5.56 Å². The van der Waals surface area contributed by atoms with E-state index in [2.05, 4.69) is 4.98 Å². The molecule has 3 heterocycles. The van der Waals surface area contributed by atoms with Crippen molar-refractivity contribution in [2.24, 2.45) is 11.3 Å². The number of aliphatic carboxylic acids is 1. The minimum absolute atomic E-state index is 0.134. The number of hydrogen-bond acceptors (Lipinski definition) is 5. The van der Waals surface area contributed by atoms with Crippen LogP contribution in [0.2, 0.25) is 0 Å². The number of rotatable bonds is 3. The number of carbonyl (C=O) groups excluding carboxylic acids is 1. The van der Waals surface area contributed by atoms with Crippen LogP contribution >= 0.6 is 0 Å². The molecule has 0 saturated carbocycles. The zero-order valence-electron chi connectivity index (χ0n) is 13.1. The molecule has 1 fully saturated rings. The average Bonchev–Trinajstić information content (AvgIpc) is 2.84. The van der Waals surface area contributed by atoms with E-state index in [1.54, 1.807) is 12.1 Å². The van der Waals surface area contributed by atoms with Crippen LogP contribution in [-0.2, 0) is 14.3 Å². The maximum absolute atomic E-state index is 12.4.